The first-order valence-electron chi connectivity index (χ1n) is 12.8. The fourth-order valence-corrected chi connectivity index (χ4v) is 6.75. The van der Waals surface area contributed by atoms with E-state index in [4.69, 9.17) is 14.5 Å². The number of aromatic nitrogens is 1. The predicted molar refractivity (Wildman–Crippen MR) is 155 cm³/mol. The summed E-state index contributed by atoms with van der Waals surface area (Å²) in [5.74, 6) is 2.98. The predicted octanol–water partition coefficient (Wildman–Crippen LogP) is 9.83. The molecule has 38 heavy (non-hydrogen) atoms. The van der Waals surface area contributed by atoms with Crippen molar-refractivity contribution < 1.29 is 9.47 Å². The molecular weight excluding hydrogens is 486 g/mol. The first-order chi connectivity index (χ1) is 18.5. The molecule has 0 fully saturated rings. The topological polar surface area (TPSA) is 31.4 Å². The Morgan fingerprint density at radius 2 is 1.32 bits per heavy atom. The van der Waals surface area contributed by atoms with Crippen LogP contribution in [-0.4, -0.2) is 4.98 Å². The minimum atomic E-state index is -0.0898. The molecule has 0 bridgehead atoms. The van der Waals surface area contributed by atoms with Gasteiger partial charge in [-0.1, -0.05) is 74.5 Å². The summed E-state index contributed by atoms with van der Waals surface area (Å²) in [4.78, 5) is 4.84. The largest absolute Gasteiger partial charge is 0.449 e. The highest BCUT2D eigenvalue weighted by atomic mass is 32.1. The van der Waals surface area contributed by atoms with Gasteiger partial charge in [0.25, 0.3) is 0 Å². The monoisotopic (exact) mass is 509 g/mol. The van der Waals surface area contributed by atoms with Crippen LogP contribution in [0.1, 0.15) is 25.0 Å². The number of ether oxygens (including phenoxy) is 2. The molecule has 0 saturated carbocycles. The van der Waals surface area contributed by atoms with Gasteiger partial charge in [-0.2, -0.15) is 0 Å². The number of para-hydroxylation sites is 1. The smallest absolute Gasteiger partial charge is 0.170 e. The lowest BCUT2D eigenvalue weighted by atomic mass is 9.82. The average Bonchev–Trinajstić information content (AvgIpc) is 3.48. The summed E-state index contributed by atoms with van der Waals surface area (Å²) in [7, 11) is 0. The highest BCUT2D eigenvalue weighted by Gasteiger charge is 2.37. The van der Waals surface area contributed by atoms with E-state index in [0.717, 1.165) is 50.2 Å². The summed E-state index contributed by atoms with van der Waals surface area (Å²) in [6, 6.07) is 35.9. The van der Waals surface area contributed by atoms with Gasteiger partial charge in [-0.25, -0.2) is 4.98 Å². The lowest BCUT2D eigenvalue weighted by Crippen LogP contribution is -2.15. The summed E-state index contributed by atoms with van der Waals surface area (Å²) >= 11 is 1.72. The quantitative estimate of drug-likeness (QED) is 0.232. The molecule has 2 heterocycles. The normalized spacial score (nSPS) is 14.2. The molecule has 0 spiro atoms. The Bertz CT molecular complexity index is 1880. The Labute approximate surface area is 225 Å². The molecule has 1 aromatic heterocycles. The minimum absolute atomic E-state index is 0.0898. The van der Waals surface area contributed by atoms with E-state index in [1.807, 2.05) is 12.1 Å². The fourth-order valence-electron chi connectivity index (χ4n) is 5.78. The van der Waals surface area contributed by atoms with Gasteiger partial charge in [-0.15, -0.1) is 11.3 Å². The highest BCUT2D eigenvalue weighted by Crippen LogP contribution is 2.55. The molecule has 0 saturated heterocycles. The molecule has 0 atom stereocenters. The Morgan fingerprint density at radius 1 is 0.579 bits per heavy atom. The lowest BCUT2D eigenvalue weighted by molar-refractivity contribution is 0.359. The Morgan fingerprint density at radius 3 is 2.24 bits per heavy atom. The van der Waals surface area contributed by atoms with Crippen LogP contribution in [0.2, 0.25) is 0 Å². The fraction of sp³-hybridized carbons (Fsp3) is 0.0882. The first-order valence-corrected chi connectivity index (χ1v) is 13.6. The van der Waals surface area contributed by atoms with Gasteiger partial charge in [0.15, 0.2) is 23.0 Å². The van der Waals surface area contributed by atoms with Crippen molar-refractivity contribution in [3.63, 3.8) is 0 Å². The van der Waals surface area contributed by atoms with Crippen molar-refractivity contribution in [3.8, 4) is 55.8 Å². The van der Waals surface area contributed by atoms with Crippen LogP contribution in [0.3, 0.4) is 0 Å². The van der Waals surface area contributed by atoms with Gasteiger partial charge >= 0.3 is 0 Å². The van der Waals surface area contributed by atoms with Crippen LogP contribution in [0.25, 0.3) is 43.0 Å². The van der Waals surface area contributed by atoms with E-state index >= 15 is 0 Å². The van der Waals surface area contributed by atoms with E-state index in [2.05, 4.69) is 105 Å². The van der Waals surface area contributed by atoms with Gasteiger partial charge in [-0.3, -0.25) is 0 Å². The molecule has 1 aliphatic carbocycles. The maximum Gasteiger partial charge on any atom is 0.170 e. The second-order valence-electron chi connectivity index (χ2n) is 10.4. The summed E-state index contributed by atoms with van der Waals surface area (Å²) in [6.07, 6.45) is 0. The molecule has 2 aliphatic rings. The van der Waals surface area contributed by atoms with E-state index in [1.54, 1.807) is 11.3 Å². The van der Waals surface area contributed by atoms with Crippen molar-refractivity contribution in [2.45, 2.75) is 19.3 Å². The second kappa shape index (κ2) is 7.80. The lowest BCUT2D eigenvalue weighted by Gasteiger charge is -2.25. The third kappa shape index (κ3) is 3.17. The standard InChI is InChI=1S/C34H23NO2S/c1-34(2)25-11-4-3-10-23(25)24-18-30-31(19-26(24)34)37-29-17-21(14-15-28(29)36-30)20-8-7-9-22(16-20)33-35-27-12-5-6-13-32(27)38-33/h3-19H,1-2H3. The molecule has 0 N–H and O–H groups in total. The van der Waals surface area contributed by atoms with Crippen LogP contribution >= 0.6 is 11.3 Å². The Hall–Kier alpha value is -4.41. The van der Waals surface area contributed by atoms with Crippen molar-refractivity contribution in [2.75, 3.05) is 0 Å². The van der Waals surface area contributed by atoms with E-state index in [9.17, 15) is 0 Å². The molecule has 0 radical (unpaired) electrons. The van der Waals surface area contributed by atoms with Gasteiger partial charge in [0, 0.05) is 11.0 Å². The zero-order chi connectivity index (χ0) is 25.4. The summed E-state index contributed by atoms with van der Waals surface area (Å²) in [5, 5.41) is 1.02. The molecule has 4 heteroatoms. The van der Waals surface area contributed by atoms with Crippen LogP contribution < -0.4 is 9.47 Å². The van der Waals surface area contributed by atoms with Crippen LogP contribution in [0, 0.1) is 0 Å². The number of benzene rings is 5. The molecule has 8 rings (SSSR count). The molecular formula is C34H23NO2S. The van der Waals surface area contributed by atoms with Crippen molar-refractivity contribution in [1.29, 1.82) is 0 Å². The van der Waals surface area contributed by atoms with Gasteiger partial charge in [0.2, 0.25) is 0 Å². The highest BCUT2D eigenvalue weighted by molar-refractivity contribution is 7.21. The summed E-state index contributed by atoms with van der Waals surface area (Å²) < 4.78 is 14.0. The number of rotatable bonds is 2. The van der Waals surface area contributed by atoms with E-state index in [1.165, 1.54) is 27.0 Å². The van der Waals surface area contributed by atoms with Crippen LogP contribution in [0.5, 0.6) is 23.0 Å². The van der Waals surface area contributed by atoms with Crippen LogP contribution in [0.15, 0.2) is 103 Å². The SMILES string of the molecule is CC1(C)c2ccccc2-c2cc3c(cc21)Oc1cc(-c2cccc(-c4nc5ccccc5s4)c2)ccc1O3. The van der Waals surface area contributed by atoms with E-state index in [0.29, 0.717) is 0 Å². The van der Waals surface area contributed by atoms with Gasteiger partial charge in [0.1, 0.15) is 5.01 Å². The first kappa shape index (κ1) is 21.7. The summed E-state index contributed by atoms with van der Waals surface area (Å²) in [6.45, 7) is 4.55. The molecule has 1 aliphatic heterocycles. The number of hydrogen-bond acceptors (Lipinski definition) is 4. The zero-order valence-corrected chi connectivity index (χ0v) is 21.8. The van der Waals surface area contributed by atoms with Crippen molar-refractivity contribution in [2.24, 2.45) is 0 Å². The molecule has 0 unspecified atom stereocenters. The molecule has 6 aromatic rings. The summed E-state index contributed by atoms with van der Waals surface area (Å²) in [5.41, 5.74) is 9.35. The van der Waals surface area contributed by atoms with E-state index in [-0.39, 0.29) is 5.41 Å². The van der Waals surface area contributed by atoms with Gasteiger partial charge < -0.3 is 9.47 Å². The second-order valence-corrected chi connectivity index (χ2v) is 11.5. The number of thiazole rings is 1. The van der Waals surface area contributed by atoms with Crippen LogP contribution in [0.4, 0.5) is 0 Å². The Balaban J connectivity index is 1.16. The van der Waals surface area contributed by atoms with Crippen molar-refractivity contribution in [1.82, 2.24) is 4.98 Å². The molecule has 182 valence electrons. The maximum absolute atomic E-state index is 6.48. The number of hydrogen-bond donors (Lipinski definition) is 0. The third-order valence-electron chi connectivity index (χ3n) is 7.77. The van der Waals surface area contributed by atoms with Crippen molar-refractivity contribution in [3.05, 3.63) is 114 Å². The van der Waals surface area contributed by atoms with Crippen molar-refractivity contribution >= 4 is 21.6 Å². The average molecular weight is 510 g/mol. The third-order valence-corrected chi connectivity index (χ3v) is 8.85. The molecule has 0 amide bonds. The maximum atomic E-state index is 6.48. The molecule has 3 nitrogen and oxygen atoms in total. The molecule has 5 aromatic carbocycles. The number of fused-ring (bicyclic) bond motifs is 6. The number of nitrogens with zero attached hydrogens (tertiary/aromatic N) is 1. The van der Waals surface area contributed by atoms with Crippen LogP contribution in [-0.2, 0) is 5.41 Å². The minimum Gasteiger partial charge on any atom is -0.449 e. The van der Waals surface area contributed by atoms with E-state index < -0.39 is 0 Å². The van der Waals surface area contributed by atoms with Gasteiger partial charge in [0.05, 0.1) is 10.2 Å². The zero-order valence-electron chi connectivity index (χ0n) is 21.0. The van der Waals surface area contributed by atoms with Gasteiger partial charge in [-0.05, 0) is 75.8 Å². The Kier molecular flexibility index (Phi) is 4.44.